The number of hydrogen-bond donors (Lipinski definition) is 1. The van der Waals surface area contributed by atoms with E-state index in [9.17, 15) is 0 Å². The number of rotatable bonds is 5. The van der Waals surface area contributed by atoms with Crippen molar-refractivity contribution in [2.75, 3.05) is 5.32 Å². The summed E-state index contributed by atoms with van der Waals surface area (Å²) in [6.45, 7) is 4.19. The Hall–Kier alpha value is -0.590. The van der Waals surface area contributed by atoms with Gasteiger partial charge in [0.15, 0.2) is 5.82 Å². The SMILES string of the molecule is CC(C)Nc1nc(CSc2ccc(Br)cc2)ns1. The number of thioether (sulfide) groups is 1. The van der Waals surface area contributed by atoms with E-state index in [0.717, 1.165) is 21.2 Å². The van der Waals surface area contributed by atoms with E-state index >= 15 is 0 Å². The fraction of sp³-hybridized carbons (Fsp3) is 0.333. The summed E-state index contributed by atoms with van der Waals surface area (Å²) in [6.07, 6.45) is 0. The highest BCUT2D eigenvalue weighted by molar-refractivity contribution is 9.10. The maximum atomic E-state index is 4.45. The van der Waals surface area contributed by atoms with Crippen LogP contribution in [0, 0.1) is 0 Å². The zero-order valence-electron chi connectivity index (χ0n) is 10.2. The number of halogens is 1. The van der Waals surface area contributed by atoms with E-state index in [-0.39, 0.29) is 0 Å². The molecule has 0 saturated heterocycles. The van der Waals surface area contributed by atoms with Gasteiger partial charge in [0.25, 0.3) is 0 Å². The summed E-state index contributed by atoms with van der Waals surface area (Å²) in [7, 11) is 0. The number of nitrogens with zero attached hydrogens (tertiary/aromatic N) is 2. The predicted molar refractivity (Wildman–Crippen MR) is 82.4 cm³/mol. The minimum Gasteiger partial charge on any atom is -0.358 e. The molecule has 1 heterocycles. The van der Waals surface area contributed by atoms with Gasteiger partial charge in [-0.05, 0) is 38.1 Å². The molecule has 0 amide bonds. The average molecular weight is 344 g/mol. The molecule has 0 atom stereocenters. The summed E-state index contributed by atoms with van der Waals surface area (Å²) in [5.41, 5.74) is 0. The summed E-state index contributed by atoms with van der Waals surface area (Å²) in [4.78, 5) is 5.68. The fourth-order valence-electron chi connectivity index (χ4n) is 1.30. The van der Waals surface area contributed by atoms with E-state index in [1.54, 1.807) is 11.8 Å². The number of hydrogen-bond acceptors (Lipinski definition) is 5. The maximum Gasteiger partial charge on any atom is 0.202 e. The lowest BCUT2D eigenvalue weighted by Gasteiger charge is -2.03. The highest BCUT2D eigenvalue weighted by Crippen LogP contribution is 2.24. The second-order valence-electron chi connectivity index (χ2n) is 4.06. The van der Waals surface area contributed by atoms with Gasteiger partial charge in [-0.15, -0.1) is 11.8 Å². The van der Waals surface area contributed by atoms with Gasteiger partial charge in [-0.1, -0.05) is 15.9 Å². The van der Waals surface area contributed by atoms with Crippen LogP contribution in [0.4, 0.5) is 5.13 Å². The molecule has 2 rings (SSSR count). The summed E-state index contributed by atoms with van der Waals surface area (Å²) in [6, 6.07) is 8.67. The van der Waals surface area contributed by atoms with E-state index in [4.69, 9.17) is 0 Å². The predicted octanol–water partition coefficient (Wildman–Crippen LogP) is 4.41. The van der Waals surface area contributed by atoms with Crippen LogP contribution in [0.1, 0.15) is 19.7 Å². The normalized spacial score (nSPS) is 10.9. The van der Waals surface area contributed by atoms with Crippen molar-refractivity contribution < 1.29 is 0 Å². The molecule has 0 aliphatic carbocycles. The van der Waals surface area contributed by atoms with Crippen molar-refractivity contribution in [1.29, 1.82) is 0 Å². The highest BCUT2D eigenvalue weighted by Gasteiger charge is 2.05. The lowest BCUT2D eigenvalue weighted by Crippen LogP contribution is -2.09. The third-order valence-corrected chi connectivity index (χ3v) is 4.28. The van der Waals surface area contributed by atoms with Crippen molar-refractivity contribution in [2.45, 2.75) is 30.5 Å². The van der Waals surface area contributed by atoms with Gasteiger partial charge in [-0.25, -0.2) is 4.98 Å². The van der Waals surface area contributed by atoms with Gasteiger partial charge in [0, 0.05) is 26.9 Å². The minimum atomic E-state index is 0.393. The molecular formula is C12H14BrN3S2. The van der Waals surface area contributed by atoms with Crippen LogP contribution in [0.2, 0.25) is 0 Å². The quantitative estimate of drug-likeness (QED) is 0.815. The molecule has 2 aromatic rings. The summed E-state index contributed by atoms with van der Waals surface area (Å²) < 4.78 is 5.44. The molecular weight excluding hydrogens is 330 g/mol. The first-order valence-electron chi connectivity index (χ1n) is 5.61. The summed E-state index contributed by atoms with van der Waals surface area (Å²) in [5, 5.41) is 4.16. The molecule has 0 fully saturated rings. The molecule has 3 nitrogen and oxygen atoms in total. The third-order valence-electron chi connectivity index (χ3n) is 2.06. The Balaban J connectivity index is 1.90. The smallest absolute Gasteiger partial charge is 0.202 e. The van der Waals surface area contributed by atoms with Crippen molar-refractivity contribution in [3.63, 3.8) is 0 Å². The largest absolute Gasteiger partial charge is 0.358 e. The van der Waals surface area contributed by atoms with E-state index in [0.29, 0.717) is 6.04 Å². The standard InChI is InChI=1S/C12H14BrN3S2/c1-8(2)14-12-15-11(16-18-12)7-17-10-5-3-9(13)4-6-10/h3-6,8H,7H2,1-2H3,(H,14,15,16). The number of nitrogens with one attached hydrogen (secondary N) is 1. The number of aromatic nitrogens is 2. The Morgan fingerprint density at radius 2 is 2.06 bits per heavy atom. The molecule has 18 heavy (non-hydrogen) atoms. The van der Waals surface area contributed by atoms with Gasteiger partial charge >= 0.3 is 0 Å². The minimum absolute atomic E-state index is 0.393. The molecule has 0 unspecified atom stereocenters. The van der Waals surface area contributed by atoms with Gasteiger partial charge in [0.2, 0.25) is 5.13 Å². The van der Waals surface area contributed by atoms with Crippen LogP contribution >= 0.6 is 39.2 Å². The van der Waals surface area contributed by atoms with Crippen molar-refractivity contribution in [1.82, 2.24) is 9.36 Å². The zero-order chi connectivity index (χ0) is 13.0. The summed E-state index contributed by atoms with van der Waals surface area (Å²) >= 11 is 6.60. The topological polar surface area (TPSA) is 37.8 Å². The van der Waals surface area contributed by atoms with Crippen LogP contribution in [-0.2, 0) is 5.75 Å². The van der Waals surface area contributed by atoms with Gasteiger partial charge in [0.05, 0.1) is 5.75 Å². The van der Waals surface area contributed by atoms with Crippen LogP contribution in [0.3, 0.4) is 0 Å². The van der Waals surface area contributed by atoms with Crippen LogP contribution in [0.15, 0.2) is 33.6 Å². The first-order valence-corrected chi connectivity index (χ1v) is 8.16. The molecule has 96 valence electrons. The van der Waals surface area contributed by atoms with Crippen LogP contribution in [0.5, 0.6) is 0 Å². The Bertz CT molecular complexity index is 496. The number of anilines is 1. The van der Waals surface area contributed by atoms with Gasteiger partial charge in [-0.2, -0.15) is 4.37 Å². The molecule has 6 heteroatoms. The molecule has 0 saturated carbocycles. The van der Waals surface area contributed by atoms with Crippen LogP contribution in [0.25, 0.3) is 0 Å². The Labute approximate surface area is 124 Å². The molecule has 0 aliphatic heterocycles. The second-order valence-corrected chi connectivity index (χ2v) is 6.77. The lowest BCUT2D eigenvalue weighted by atomic mass is 10.4. The van der Waals surface area contributed by atoms with Crippen LogP contribution < -0.4 is 5.32 Å². The van der Waals surface area contributed by atoms with E-state index in [1.165, 1.54) is 16.4 Å². The third kappa shape index (κ3) is 4.26. The molecule has 1 aromatic carbocycles. The van der Waals surface area contributed by atoms with Crippen molar-refractivity contribution in [3.8, 4) is 0 Å². The molecule has 0 aliphatic rings. The van der Waals surface area contributed by atoms with Crippen molar-refractivity contribution in [3.05, 3.63) is 34.6 Å². The van der Waals surface area contributed by atoms with Crippen molar-refractivity contribution >= 4 is 44.4 Å². The Morgan fingerprint density at radius 3 is 2.72 bits per heavy atom. The second kappa shape index (κ2) is 6.54. The fourth-order valence-corrected chi connectivity index (χ4v) is 3.13. The maximum absolute atomic E-state index is 4.45. The Kier molecular flexibility index (Phi) is 5.03. The van der Waals surface area contributed by atoms with Crippen LogP contribution in [-0.4, -0.2) is 15.4 Å². The van der Waals surface area contributed by atoms with E-state index in [1.807, 2.05) is 12.1 Å². The van der Waals surface area contributed by atoms with Gasteiger partial charge in [-0.3, -0.25) is 0 Å². The van der Waals surface area contributed by atoms with E-state index < -0.39 is 0 Å². The van der Waals surface area contributed by atoms with Gasteiger partial charge in [0.1, 0.15) is 0 Å². The zero-order valence-corrected chi connectivity index (χ0v) is 13.4. The summed E-state index contributed by atoms with van der Waals surface area (Å²) in [5.74, 6) is 1.69. The van der Waals surface area contributed by atoms with Gasteiger partial charge < -0.3 is 5.32 Å². The highest BCUT2D eigenvalue weighted by atomic mass is 79.9. The monoisotopic (exact) mass is 343 g/mol. The molecule has 1 aromatic heterocycles. The lowest BCUT2D eigenvalue weighted by molar-refractivity contribution is 0.894. The van der Waals surface area contributed by atoms with Crippen molar-refractivity contribution in [2.24, 2.45) is 0 Å². The molecule has 0 bridgehead atoms. The molecule has 0 spiro atoms. The molecule has 1 N–H and O–H groups in total. The first kappa shape index (κ1) is 13.8. The average Bonchev–Trinajstić information content (AvgIpc) is 2.75. The molecule has 0 radical (unpaired) electrons. The first-order chi connectivity index (χ1) is 8.63. The van der Waals surface area contributed by atoms with E-state index in [2.05, 4.69) is 56.6 Å². The Morgan fingerprint density at radius 1 is 1.33 bits per heavy atom. The number of benzene rings is 1.